The quantitative estimate of drug-likeness (QED) is 0.888. The molecule has 1 aliphatic heterocycles. The third-order valence-electron chi connectivity index (χ3n) is 3.11. The van der Waals surface area contributed by atoms with E-state index in [0.29, 0.717) is 25.1 Å². The van der Waals surface area contributed by atoms with E-state index in [4.69, 9.17) is 13.9 Å². The molecule has 5 nitrogen and oxygen atoms in total. The lowest BCUT2D eigenvalue weighted by atomic mass is 10.0. The van der Waals surface area contributed by atoms with E-state index in [9.17, 15) is 0 Å². The molecule has 0 atom stereocenters. The van der Waals surface area contributed by atoms with Crippen LogP contribution in [0.4, 0.5) is 0 Å². The zero-order valence-corrected chi connectivity index (χ0v) is 12.1. The topological polar surface area (TPSA) is 56.5 Å². The minimum Gasteiger partial charge on any atom is -0.450 e. The largest absolute Gasteiger partial charge is 0.450 e. The molecule has 108 valence electrons. The zero-order chi connectivity index (χ0) is 13.7. The third-order valence-corrected chi connectivity index (χ3v) is 3.11. The first-order valence-electron chi connectivity index (χ1n) is 6.93. The van der Waals surface area contributed by atoms with Crippen LogP contribution in [0.15, 0.2) is 10.7 Å². The normalized spacial score (nSPS) is 17.6. The summed E-state index contributed by atoms with van der Waals surface area (Å²) in [4.78, 5) is 4.32. The molecule has 1 fully saturated rings. The Hall–Kier alpha value is -1.07. The number of hydrogen-bond acceptors (Lipinski definition) is 5. The van der Waals surface area contributed by atoms with E-state index >= 15 is 0 Å². The van der Waals surface area contributed by atoms with Gasteiger partial charge in [-0.15, -0.1) is 0 Å². The number of ether oxygens (including phenoxy) is 2. The molecule has 1 saturated heterocycles. The minimum absolute atomic E-state index is 0.0715. The van der Waals surface area contributed by atoms with Crippen LogP contribution in [0.2, 0.25) is 0 Å². The Labute approximate surface area is 114 Å². The van der Waals surface area contributed by atoms with Crippen molar-refractivity contribution in [3.8, 4) is 6.08 Å². The molecule has 5 heteroatoms. The van der Waals surface area contributed by atoms with E-state index in [0.717, 1.165) is 31.7 Å². The molecular formula is C14H24N2O3. The van der Waals surface area contributed by atoms with E-state index in [1.165, 1.54) is 0 Å². The first-order chi connectivity index (χ1) is 9.03. The highest BCUT2D eigenvalue weighted by molar-refractivity contribution is 5.00. The van der Waals surface area contributed by atoms with E-state index in [1.807, 2.05) is 0 Å². The first kappa shape index (κ1) is 14.3. The molecule has 1 aromatic heterocycles. The summed E-state index contributed by atoms with van der Waals surface area (Å²) in [5.41, 5.74) is 0.944. The predicted molar refractivity (Wildman–Crippen MR) is 72.1 cm³/mol. The van der Waals surface area contributed by atoms with Gasteiger partial charge >= 0.3 is 6.08 Å². The number of rotatable bonds is 5. The Bertz CT molecular complexity index is 378. The van der Waals surface area contributed by atoms with Crippen molar-refractivity contribution in [1.29, 1.82) is 0 Å². The molecule has 19 heavy (non-hydrogen) atoms. The van der Waals surface area contributed by atoms with E-state index < -0.39 is 0 Å². The maximum atomic E-state index is 5.60. The number of nitrogens with zero attached hydrogens (tertiary/aromatic N) is 1. The Morgan fingerprint density at radius 2 is 2.11 bits per heavy atom. The van der Waals surface area contributed by atoms with E-state index in [2.05, 4.69) is 31.1 Å². The average Bonchev–Trinajstić information content (AvgIpc) is 2.82. The molecule has 2 heterocycles. The van der Waals surface area contributed by atoms with Gasteiger partial charge in [0.05, 0.1) is 12.3 Å². The fourth-order valence-corrected chi connectivity index (χ4v) is 1.89. The summed E-state index contributed by atoms with van der Waals surface area (Å²) in [6.07, 6.45) is 4.13. The molecule has 0 aliphatic carbocycles. The van der Waals surface area contributed by atoms with E-state index in [1.54, 1.807) is 6.26 Å². The molecule has 0 spiro atoms. The van der Waals surface area contributed by atoms with Gasteiger partial charge in [0.2, 0.25) is 0 Å². The van der Waals surface area contributed by atoms with Crippen LogP contribution >= 0.6 is 0 Å². The van der Waals surface area contributed by atoms with Gasteiger partial charge in [-0.05, 0) is 39.5 Å². The van der Waals surface area contributed by atoms with Gasteiger partial charge in [-0.2, -0.15) is 4.98 Å². The Kier molecular flexibility index (Phi) is 4.82. The number of aromatic nitrogens is 1. The molecular weight excluding hydrogens is 244 g/mol. The molecule has 1 N–H and O–H groups in total. The van der Waals surface area contributed by atoms with Gasteiger partial charge in [-0.3, -0.25) is 0 Å². The summed E-state index contributed by atoms with van der Waals surface area (Å²) in [7, 11) is 0. The molecule has 0 saturated carbocycles. The van der Waals surface area contributed by atoms with Gasteiger partial charge in [0, 0.05) is 25.3 Å². The van der Waals surface area contributed by atoms with Crippen LogP contribution in [0, 0.1) is 5.92 Å². The minimum atomic E-state index is 0.0715. The highest BCUT2D eigenvalue weighted by Crippen LogP contribution is 2.17. The second kappa shape index (κ2) is 6.39. The van der Waals surface area contributed by atoms with Crippen molar-refractivity contribution in [2.24, 2.45) is 5.92 Å². The molecule has 0 unspecified atom stereocenters. The fraction of sp³-hybridized carbons (Fsp3) is 0.786. The van der Waals surface area contributed by atoms with Gasteiger partial charge < -0.3 is 19.2 Å². The Morgan fingerprint density at radius 3 is 2.79 bits per heavy atom. The molecule has 0 bridgehead atoms. The maximum absolute atomic E-state index is 5.60. The van der Waals surface area contributed by atoms with Crippen LogP contribution in [0.3, 0.4) is 0 Å². The molecule has 0 radical (unpaired) electrons. The lowest BCUT2D eigenvalue weighted by Crippen LogP contribution is -2.35. The van der Waals surface area contributed by atoms with Gasteiger partial charge in [0.25, 0.3) is 0 Å². The first-order valence-corrected chi connectivity index (χ1v) is 6.93. The van der Waals surface area contributed by atoms with Crippen LogP contribution < -0.4 is 10.1 Å². The van der Waals surface area contributed by atoms with Gasteiger partial charge in [0.15, 0.2) is 0 Å². The van der Waals surface area contributed by atoms with Crippen LogP contribution in [0.5, 0.6) is 6.08 Å². The van der Waals surface area contributed by atoms with Crippen LogP contribution in [0.25, 0.3) is 0 Å². The van der Waals surface area contributed by atoms with Crippen LogP contribution in [-0.2, 0) is 11.3 Å². The number of nitrogens with one attached hydrogen (secondary N) is 1. The Balaban J connectivity index is 1.74. The average molecular weight is 268 g/mol. The van der Waals surface area contributed by atoms with Crippen molar-refractivity contribution in [3.63, 3.8) is 0 Å². The summed E-state index contributed by atoms with van der Waals surface area (Å²) in [5, 5.41) is 3.36. The second-order valence-corrected chi connectivity index (χ2v) is 6.08. The van der Waals surface area contributed by atoms with E-state index in [-0.39, 0.29) is 5.54 Å². The molecule has 0 amide bonds. The van der Waals surface area contributed by atoms with Gasteiger partial charge in [-0.1, -0.05) is 0 Å². The number of oxazole rings is 1. The highest BCUT2D eigenvalue weighted by atomic mass is 16.6. The summed E-state index contributed by atoms with van der Waals surface area (Å²) in [6.45, 7) is 9.38. The lowest BCUT2D eigenvalue weighted by Gasteiger charge is -2.20. The van der Waals surface area contributed by atoms with Crippen molar-refractivity contribution < 1.29 is 13.9 Å². The SMILES string of the molecule is CC(C)(C)NCc1coc(OCC2CCOCC2)n1. The Morgan fingerprint density at radius 1 is 1.37 bits per heavy atom. The van der Waals surface area contributed by atoms with Crippen molar-refractivity contribution >= 4 is 0 Å². The van der Waals surface area contributed by atoms with Crippen molar-refractivity contribution in [1.82, 2.24) is 10.3 Å². The molecule has 1 aliphatic rings. The second-order valence-electron chi connectivity index (χ2n) is 6.08. The predicted octanol–water partition coefficient (Wildman–Crippen LogP) is 2.37. The molecule has 0 aromatic carbocycles. The van der Waals surface area contributed by atoms with Gasteiger partial charge in [0.1, 0.15) is 6.26 Å². The standard InChI is InChI=1S/C14H24N2O3/c1-14(2,3)15-8-12-10-19-13(16-12)18-9-11-4-6-17-7-5-11/h10-11,15H,4-9H2,1-3H3. The molecule has 1 aromatic rings. The third kappa shape index (κ3) is 5.20. The summed E-state index contributed by atoms with van der Waals surface area (Å²) in [5.74, 6) is 0.553. The maximum Gasteiger partial charge on any atom is 0.393 e. The monoisotopic (exact) mass is 268 g/mol. The van der Waals surface area contributed by atoms with Crippen molar-refractivity contribution in [3.05, 3.63) is 12.0 Å². The van der Waals surface area contributed by atoms with Crippen LogP contribution in [0.1, 0.15) is 39.3 Å². The van der Waals surface area contributed by atoms with Crippen LogP contribution in [-0.4, -0.2) is 30.3 Å². The summed E-state index contributed by atoms with van der Waals surface area (Å²) < 4.78 is 16.2. The zero-order valence-electron chi connectivity index (χ0n) is 12.1. The van der Waals surface area contributed by atoms with Gasteiger partial charge in [-0.25, -0.2) is 0 Å². The molecule has 2 rings (SSSR count). The lowest BCUT2D eigenvalue weighted by molar-refractivity contribution is 0.0445. The highest BCUT2D eigenvalue weighted by Gasteiger charge is 2.16. The van der Waals surface area contributed by atoms with Crippen molar-refractivity contribution in [2.75, 3.05) is 19.8 Å². The number of hydrogen-bond donors (Lipinski definition) is 1. The summed E-state index contributed by atoms with van der Waals surface area (Å²) >= 11 is 0. The smallest absolute Gasteiger partial charge is 0.393 e. The fourth-order valence-electron chi connectivity index (χ4n) is 1.89. The summed E-state index contributed by atoms with van der Waals surface area (Å²) in [6, 6.07) is 0. The van der Waals surface area contributed by atoms with Crippen molar-refractivity contribution in [2.45, 2.75) is 45.7 Å².